The summed E-state index contributed by atoms with van der Waals surface area (Å²) in [5.74, 6) is -0.702. The molecular weight excluding hydrogens is 180 g/mol. The van der Waals surface area contributed by atoms with Crippen LogP contribution in [-0.2, 0) is 4.79 Å². The fourth-order valence-electron chi connectivity index (χ4n) is 1.73. The number of rotatable bonds is 7. The molecule has 0 radical (unpaired) electrons. The molecule has 1 saturated heterocycles. The van der Waals surface area contributed by atoms with E-state index in [1.54, 1.807) is 0 Å². The van der Waals surface area contributed by atoms with Gasteiger partial charge in [-0.1, -0.05) is 0 Å². The highest BCUT2D eigenvalue weighted by Crippen LogP contribution is 2.05. The van der Waals surface area contributed by atoms with Crippen molar-refractivity contribution in [2.24, 2.45) is 0 Å². The maximum absolute atomic E-state index is 10.2. The monoisotopic (exact) mass is 200 g/mol. The molecule has 0 saturated carbocycles. The lowest BCUT2D eigenvalue weighted by atomic mass is 10.3. The minimum Gasteiger partial charge on any atom is -0.481 e. The van der Waals surface area contributed by atoms with E-state index in [1.165, 1.54) is 25.9 Å². The van der Waals surface area contributed by atoms with Gasteiger partial charge in [-0.05, 0) is 38.9 Å². The molecule has 4 nitrogen and oxygen atoms in total. The van der Waals surface area contributed by atoms with Gasteiger partial charge in [-0.25, -0.2) is 0 Å². The first-order valence-corrected chi connectivity index (χ1v) is 5.44. The van der Waals surface area contributed by atoms with Gasteiger partial charge in [0.25, 0.3) is 0 Å². The third kappa shape index (κ3) is 5.19. The van der Waals surface area contributed by atoms with Crippen molar-refractivity contribution in [3.05, 3.63) is 0 Å². The van der Waals surface area contributed by atoms with E-state index in [9.17, 15) is 4.79 Å². The highest BCUT2D eigenvalue weighted by atomic mass is 16.4. The van der Waals surface area contributed by atoms with Crippen LogP contribution in [0.2, 0.25) is 0 Å². The van der Waals surface area contributed by atoms with Crippen LogP contribution in [0.25, 0.3) is 0 Å². The van der Waals surface area contributed by atoms with Crippen LogP contribution in [0, 0.1) is 0 Å². The van der Waals surface area contributed by atoms with Crippen LogP contribution in [0.4, 0.5) is 0 Å². The van der Waals surface area contributed by atoms with Crippen LogP contribution in [0.3, 0.4) is 0 Å². The van der Waals surface area contributed by atoms with Crippen molar-refractivity contribution in [1.29, 1.82) is 0 Å². The summed E-state index contributed by atoms with van der Waals surface area (Å²) in [6.45, 7) is 5.38. The summed E-state index contributed by atoms with van der Waals surface area (Å²) in [4.78, 5) is 12.7. The van der Waals surface area contributed by atoms with Crippen LogP contribution in [0.15, 0.2) is 0 Å². The highest BCUT2D eigenvalue weighted by molar-refractivity contribution is 5.66. The van der Waals surface area contributed by atoms with Crippen LogP contribution in [-0.4, -0.2) is 48.7 Å². The van der Waals surface area contributed by atoms with Gasteiger partial charge in [0, 0.05) is 19.5 Å². The van der Waals surface area contributed by atoms with Crippen molar-refractivity contribution in [3.8, 4) is 0 Å². The minimum atomic E-state index is -0.702. The van der Waals surface area contributed by atoms with Gasteiger partial charge in [0.05, 0.1) is 0 Å². The van der Waals surface area contributed by atoms with Gasteiger partial charge in [0.15, 0.2) is 0 Å². The highest BCUT2D eigenvalue weighted by Gasteiger charge is 2.09. The normalized spacial score (nSPS) is 17.4. The molecule has 14 heavy (non-hydrogen) atoms. The first-order chi connectivity index (χ1) is 6.79. The summed E-state index contributed by atoms with van der Waals surface area (Å²) in [5.41, 5.74) is 0. The number of carboxylic acid groups (broad SMARTS) is 1. The van der Waals surface area contributed by atoms with Crippen LogP contribution >= 0.6 is 0 Å². The van der Waals surface area contributed by atoms with E-state index in [0.717, 1.165) is 26.1 Å². The third-order valence-corrected chi connectivity index (χ3v) is 2.55. The van der Waals surface area contributed by atoms with E-state index in [0.29, 0.717) is 0 Å². The lowest BCUT2D eigenvalue weighted by Gasteiger charge is -2.14. The van der Waals surface area contributed by atoms with Gasteiger partial charge < -0.3 is 15.3 Å². The molecule has 0 bridgehead atoms. The van der Waals surface area contributed by atoms with E-state index in [2.05, 4.69) is 10.2 Å². The fourth-order valence-corrected chi connectivity index (χ4v) is 1.73. The number of hydrogen-bond donors (Lipinski definition) is 2. The predicted molar refractivity (Wildman–Crippen MR) is 55.4 cm³/mol. The summed E-state index contributed by atoms with van der Waals surface area (Å²) in [5, 5.41) is 11.7. The molecule has 0 aromatic carbocycles. The Labute approximate surface area is 85.3 Å². The number of nitrogens with zero attached hydrogens (tertiary/aromatic N) is 1. The van der Waals surface area contributed by atoms with Gasteiger partial charge in [-0.3, -0.25) is 4.79 Å². The molecule has 0 aromatic rings. The zero-order chi connectivity index (χ0) is 10.2. The average molecular weight is 200 g/mol. The standard InChI is InChI=1S/C10H20N2O2/c13-10(14)4-3-5-11-6-9-12-7-1-2-8-12/h11H,1-9H2,(H,13,14). The molecule has 82 valence electrons. The summed E-state index contributed by atoms with van der Waals surface area (Å²) in [6.07, 6.45) is 3.67. The number of carbonyl (C=O) groups is 1. The largest absolute Gasteiger partial charge is 0.481 e. The SMILES string of the molecule is O=C(O)CCCNCCN1CCCC1. The average Bonchev–Trinajstić information content (AvgIpc) is 2.63. The number of hydrogen-bond acceptors (Lipinski definition) is 3. The van der Waals surface area contributed by atoms with E-state index in [4.69, 9.17) is 5.11 Å². The molecule has 1 aliphatic rings. The number of aliphatic carboxylic acids is 1. The molecule has 0 aliphatic carbocycles. The van der Waals surface area contributed by atoms with Crippen molar-refractivity contribution < 1.29 is 9.90 Å². The summed E-state index contributed by atoms with van der Waals surface area (Å²) in [6, 6.07) is 0. The van der Waals surface area contributed by atoms with Crippen molar-refractivity contribution >= 4 is 5.97 Å². The summed E-state index contributed by atoms with van der Waals surface area (Å²) < 4.78 is 0. The molecule has 0 spiro atoms. The van der Waals surface area contributed by atoms with Gasteiger partial charge in [0.2, 0.25) is 0 Å². The van der Waals surface area contributed by atoms with Crippen LogP contribution in [0.5, 0.6) is 0 Å². The van der Waals surface area contributed by atoms with Crippen molar-refractivity contribution in [3.63, 3.8) is 0 Å². The van der Waals surface area contributed by atoms with Crippen LogP contribution in [0.1, 0.15) is 25.7 Å². The van der Waals surface area contributed by atoms with Crippen molar-refractivity contribution in [1.82, 2.24) is 10.2 Å². The van der Waals surface area contributed by atoms with E-state index < -0.39 is 5.97 Å². The maximum atomic E-state index is 10.2. The Kier molecular flexibility index (Phi) is 5.56. The first kappa shape index (κ1) is 11.5. The predicted octanol–water partition coefficient (Wildman–Crippen LogP) is 0.537. The molecule has 0 aromatic heterocycles. The van der Waals surface area contributed by atoms with E-state index >= 15 is 0 Å². The van der Waals surface area contributed by atoms with Gasteiger partial charge in [-0.15, -0.1) is 0 Å². The molecule has 1 aliphatic heterocycles. The molecule has 4 heteroatoms. The van der Waals surface area contributed by atoms with Crippen molar-refractivity contribution in [2.45, 2.75) is 25.7 Å². The van der Waals surface area contributed by atoms with Gasteiger partial charge in [-0.2, -0.15) is 0 Å². The molecule has 0 unspecified atom stereocenters. The zero-order valence-electron chi connectivity index (χ0n) is 8.67. The summed E-state index contributed by atoms with van der Waals surface area (Å²) in [7, 11) is 0. The lowest BCUT2D eigenvalue weighted by molar-refractivity contribution is -0.137. The third-order valence-electron chi connectivity index (χ3n) is 2.55. The number of nitrogens with one attached hydrogen (secondary N) is 1. The molecule has 1 rings (SSSR count). The van der Waals surface area contributed by atoms with E-state index in [1.807, 2.05) is 0 Å². The van der Waals surface area contributed by atoms with Gasteiger partial charge in [0.1, 0.15) is 0 Å². The smallest absolute Gasteiger partial charge is 0.303 e. The second-order valence-corrected chi connectivity index (χ2v) is 3.80. The Hall–Kier alpha value is -0.610. The first-order valence-electron chi connectivity index (χ1n) is 5.44. The fraction of sp³-hybridized carbons (Fsp3) is 0.900. The molecule has 1 heterocycles. The van der Waals surface area contributed by atoms with Crippen LogP contribution < -0.4 is 5.32 Å². The van der Waals surface area contributed by atoms with Crippen molar-refractivity contribution in [2.75, 3.05) is 32.7 Å². The quantitative estimate of drug-likeness (QED) is 0.589. The second-order valence-electron chi connectivity index (χ2n) is 3.80. The van der Waals surface area contributed by atoms with E-state index in [-0.39, 0.29) is 6.42 Å². The Morgan fingerprint density at radius 2 is 2.00 bits per heavy atom. The molecular formula is C10H20N2O2. The Balaban J connectivity index is 1.82. The molecule has 0 amide bonds. The Morgan fingerprint density at radius 1 is 1.29 bits per heavy atom. The topological polar surface area (TPSA) is 52.6 Å². The second kappa shape index (κ2) is 6.79. The Bertz CT molecular complexity index is 168. The number of likely N-dealkylation sites (tertiary alicyclic amines) is 1. The zero-order valence-corrected chi connectivity index (χ0v) is 8.67. The number of carboxylic acids is 1. The summed E-state index contributed by atoms with van der Waals surface area (Å²) >= 11 is 0. The van der Waals surface area contributed by atoms with Gasteiger partial charge >= 0.3 is 5.97 Å². The molecule has 0 atom stereocenters. The maximum Gasteiger partial charge on any atom is 0.303 e. The molecule has 1 fully saturated rings. The molecule has 2 N–H and O–H groups in total. The Morgan fingerprint density at radius 3 is 2.64 bits per heavy atom. The lowest BCUT2D eigenvalue weighted by Crippen LogP contribution is -2.30. The minimum absolute atomic E-state index is 0.275.